The Balaban J connectivity index is 2.47. The maximum absolute atomic E-state index is 11.5. The fourth-order valence-electron chi connectivity index (χ4n) is 1.57. The van der Waals surface area contributed by atoms with Gasteiger partial charge in [-0.2, -0.15) is 0 Å². The zero-order valence-corrected chi connectivity index (χ0v) is 8.83. The average molecular weight is 203 g/mol. The number of fused-ring (bicyclic) bond motifs is 1. The molecule has 1 heterocycles. The van der Waals surface area contributed by atoms with E-state index in [9.17, 15) is 4.79 Å². The Morgan fingerprint density at radius 2 is 2.27 bits per heavy atom. The number of hydrogen-bond acceptors (Lipinski definition) is 2. The third-order valence-corrected chi connectivity index (χ3v) is 2.30. The SMILES string of the molecule is CCNC(=O)c1cc2cccc(C)c2o1. The molecule has 3 heteroatoms. The zero-order valence-electron chi connectivity index (χ0n) is 8.83. The first-order valence-electron chi connectivity index (χ1n) is 4.99. The third-order valence-electron chi connectivity index (χ3n) is 2.30. The lowest BCUT2D eigenvalue weighted by Gasteiger charge is -1.96. The van der Waals surface area contributed by atoms with E-state index in [0.29, 0.717) is 12.3 Å². The van der Waals surface area contributed by atoms with Gasteiger partial charge in [0.2, 0.25) is 0 Å². The molecule has 2 rings (SSSR count). The molecule has 0 aliphatic rings. The first-order chi connectivity index (χ1) is 7.22. The molecule has 0 aliphatic carbocycles. The average Bonchev–Trinajstić information content (AvgIpc) is 2.63. The van der Waals surface area contributed by atoms with Crippen LogP contribution < -0.4 is 5.32 Å². The van der Waals surface area contributed by atoms with Crippen molar-refractivity contribution in [3.63, 3.8) is 0 Å². The molecule has 1 N–H and O–H groups in total. The quantitative estimate of drug-likeness (QED) is 0.814. The number of hydrogen-bond donors (Lipinski definition) is 1. The van der Waals surface area contributed by atoms with E-state index in [2.05, 4.69) is 5.32 Å². The highest BCUT2D eigenvalue weighted by atomic mass is 16.3. The van der Waals surface area contributed by atoms with Crippen molar-refractivity contribution in [2.75, 3.05) is 6.54 Å². The van der Waals surface area contributed by atoms with Crippen LogP contribution in [0.1, 0.15) is 23.0 Å². The lowest BCUT2D eigenvalue weighted by molar-refractivity contribution is 0.0930. The van der Waals surface area contributed by atoms with Gasteiger partial charge in [-0.15, -0.1) is 0 Å². The third kappa shape index (κ3) is 1.73. The number of rotatable bonds is 2. The van der Waals surface area contributed by atoms with Gasteiger partial charge in [0, 0.05) is 11.9 Å². The van der Waals surface area contributed by atoms with Gasteiger partial charge in [0.1, 0.15) is 5.58 Å². The lowest BCUT2D eigenvalue weighted by Crippen LogP contribution is -2.21. The number of amides is 1. The lowest BCUT2D eigenvalue weighted by atomic mass is 10.2. The van der Waals surface area contributed by atoms with Crippen LogP contribution in [0.4, 0.5) is 0 Å². The standard InChI is InChI=1S/C12H13NO2/c1-3-13-12(14)10-7-9-6-4-5-8(2)11(9)15-10/h4-7H,3H2,1-2H3,(H,13,14). The molecule has 0 unspecified atom stereocenters. The maximum atomic E-state index is 11.5. The van der Waals surface area contributed by atoms with Crippen molar-refractivity contribution >= 4 is 16.9 Å². The second-order valence-electron chi connectivity index (χ2n) is 3.46. The van der Waals surface area contributed by atoms with Crippen LogP contribution in [-0.2, 0) is 0 Å². The molecule has 0 radical (unpaired) electrons. The number of para-hydroxylation sites is 1. The van der Waals surface area contributed by atoms with Crippen molar-refractivity contribution in [1.82, 2.24) is 5.32 Å². The number of nitrogens with one attached hydrogen (secondary N) is 1. The molecule has 1 aromatic heterocycles. The Labute approximate surface area is 88.1 Å². The van der Waals surface area contributed by atoms with Crippen LogP contribution in [0, 0.1) is 6.92 Å². The summed E-state index contributed by atoms with van der Waals surface area (Å²) < 4.78 is 5.50. The van der Waals surface area contributed by atoms with Gasteiger partial charge >= 0.3 is 0 Å². The molecule has 1 amide bonds. The van der Waals surface area contributed by atoms with Crippen LogP contribution in [0.5, 0.6) is 0 Å². The summed E-state index contributed by atoms with van der Waals surface area (Å²) in [6.45, 7) is 4.45. The number of aryl methyl sites for hydroxylation is 1. The van der Waals surface area contributed by atoms with Gasteiger partial charge in [-0.3, -0.25) is 4.79 Å². The van der Waals surface area contributed by atoms with E-state index in [4.69, 9.17) is 4.42 Å². The molecule has 0 aliphatic heterocycles. The minimum absolute atomic E-state index is 0.159. The Kier molecular flexibility index (Phi) is 2.46. The van der Waals surface area contributed by atoms with Crippen molar-refractivity contribution in [2.24, 2.45) is 0 Å². The van der Waals surface area contributed by atoms with Crippen LogP contribution >= 0.6 is 0 Å². The number of carbonyl (C=O) groups excluding carboxylic acids is 1. The second kappa shape index (κ2) is 3.77. The topological polar surface area (TPSA) is 42.2 Å². The number of furan rings is 1. The smallest absolute Gasteiger partial charge is 0.287 e. The summed E-state index contributed by atoms with van der Waals surface area (Å²) in [6, 6.07) is 7.63. The van der Waals surface area contributed by atoms with E-state index in [1.54, 1.807) is 6.07 Å². The molecule has 0 saturated heterocycles. The van der Waals surface area contributed by atoms with Crippen molar-refractivity contribution in [2.45, 2.75) is 13.8 Å². The molecule has 2 aromatic rings. The summed E-state index contributed by atoms with van der Waals surface area (Å²) >= 11 is 0. The summed E-state index contributed by atoms with van der Waals surface area (Å²) in [7, 11) is 0. The molecule has 78 valence electrons. The molecular formula is C12H13NO2. The van der Waals surface area contributed by atoms with E-state index in [0.717, 1.165) is 16.5 Å². The first-order valence-corrected chi connectivity index (χ1v) is 4.99. The zero-order chi connectivity index (χ0) is 10.8. The Hall–Kier alpha value is -1.77. The van der Waals surface area contributed by atoms with E-state index in [-0.39, 0.29) is 5.91 Å². The van der Waals surface area contributed by atoms with Gasteiger partial charge in [0.25, 0.3) is 5.91 Å². The van der Waals surface area contributed by atoms with Crippen LogP contribution in [0.2, 0.25) is 0 Å². The van der Waals surface area contributed by atoms with Gasteiger partial charge in [0.15, 0.2) is 5.76 Å². The summed E-state index contributed by atoms with van der Waals surface area (Å²) in [5.41, 5.74) is 1.84. The fourth-order valence-corrected chi connectivity index (χ4v) is 1.57. The van der Waals surface area contributed by atoms with Crippen LogP contribution in [0.25, 0.3) is 11.0 Å². The highest BCUT2D eigenvalue weighted by Crippen LogP contribution is 2.22. The predicted molar refractivity (Wildman–Crippen MR) is 59.0 cm³/mol. The molecule has 0 fully saturated rings. The molecule has 3 nitrogen and oxygen atoms in total. The maximum Gasteiger partial charge on any atom is 0.287 e. The van der Waals surface area contributed by atoms with Crippen LogP contribution in [0.15, 0.2) is 28.7 Å². The van der Waals surface area contributed by atoms with Crippen LogP contribution in [0.3, 0.4) is 0 Å². The Morgan fingerprint density at radius 1 is 1.47 bits per heavy atom. The van der Waals surface area contributed by atoms with E-state index < -0.39 is 0 Å². The van der Waals surface area contributed by atoms with Gasteiger partial charge in [-0.1, -0.05) is 18.2 Å². The van der Waals surface area contributed by atoms with Gasteiger partial charge in [0.05, 0.1) is 0 Å². The highest BCUT2D eigenvalue weighted by molar-refractivity contribution is 5.96. The minimum Gasteiger partial charge on any atom is -0.451 e. The van der Waals surface area contributed by atoms with E-state index in [1.165, 1.54) is 0 Å². The highest BCUT2D eigenvalue weighted by Gasteiger charge is 2.11. The van der Waals surface area contributed by atoms with Crippen molar-refractivity contribution in [3.8, 4) is 0 Å². The van der Waals surface area contributed by atoms with E-state index in [1.807, 2.05) is 32.0 Å². The summed E-state index contributed by atoms with van der Waals surface area (Å²) in [4.78, 5) is 11.5. The van der Waals surface area contributed by atoms with E-state index >= 15 is 0 Å². The van der Waals surface area contributed by atoms with Crippen molar-refractivity contribution in [3.05, 3.63) is 35.6 Å². The van der Waals surface area contributed by atoms with Gasteiger partial charge in [-0.25, -0.2) is 0 Å². The predicted octanol–water partition coefficient (Wildman–Crippen LogP) is 2.49. The monoisotopic (exact) mass is 203 g/mol. The molecular weight excluding hydrogens is 190 g/mol. The normalized spacial score (nSPS) is 10.5. The Morgan fingerprint density at radius 3 is 2.93 bits per heavy atom. The first kappa shape index (κ1) is 9.77. The number of carbonyl (C=O) groups is 1. The van der Waals surface area contributed by atoms with Gasteiger partial charge < -0.3 is 9.73 Å². The summed E-state index contributed by atoms with van der Waals surface area (Å²) in [5.74, 6) is 0.217. The molecule has 0 atom stereocenters. The summed E-state index contributed by atoms with van der Waals surface area (Å²) in [5, 5.41) is 3.68. The molecule has 0 bridgehead atoms. The molecule has 0 saturated carbocycles. The Bertz CT molecular complexity index is 499. The molecule has 0 spiro atoms. The molecule has 15 heavy (non-hydrogen) atoms. The van der Waals surface area contributed by atoms with Gasteiger partial charge in [-0.05, 0) is 25.5 Å². The van der Waals surface area contributed by atoms with Crippen molar-refractivity contribution in [1.29, 1.82) is 0 Å². The fraction of sp³-hybridized carbons (Fsp3) is 0.250. The number of benzene rings is 1. The largest absolute Gasteiger partial charge is 0.451 e. The summed E-state index contributed by atoms with van der Waals surface area (Å²) in [6.07, 6.45) is 0. The van der Waals surface area contributed by atoms with Crippen LogP contribution in [-0.4, -0.2) is 12.5 Å². The second-order valence-corrected chi connectivity index (χ2v) is 3.46. The minimum atomic E-state index is -0.159. The molecule has 1 aromatic carbocycles. The van der Waals surface area contributed by atoms with Crippen molar-refractivity contribution < 1.29 is 9.21 Å².